The Labute approximate surface area is 242 Å². The lowest BCUT2D eigenvalue weighted by Gasteiger charge is -2.37. The van der Waals surface area contributed by atoms with Gasteiger partial charge in [0.1, 0.15) is 0 Å². The van der Waals surface area contributed by atoms with Crippen LogP contribution in [0, 0.1) is 47.3 Å². The second kappa shape index (κ2) is 10.2. The smallest absolute Gasteiger partial charge is 0.0139 e. The molecular weight excluding hydrogens is 488 g/mol. The van der Waals surface area contributed by atoms with Crippen LogP contribution in [0.4, 0.5) is 0 Å². The van der Waals surface area contributed by atoms with E-state index in [1.165, 1.54) is 77.0 Å². The first-order valence-electron chi connectivity index (χ1n) is 17.5. The third-order valence-electron chi connectivity index (χ3n) is 13.7. The summed E-state index contributed by atoms with van der Waals surface area (Å²) in [5, 5.41) is 17.3. The van der Waals surface area contributed by atoms with Gasteiger partial charge in [-0.05, 0) is 124 Å². The Bertz CT molecular complexity index is 909. The van der Waals surface area contributed by atoms with Gasteiger partial charge in [0, 0.05) is 48.3 Å². The normalized spacial score (nSPS) is 56.0. The van der Waals surface area contributed by atoms with Gasteiger partial charge in [-0.2, -0.15) is 0 Å². The molecule has 0 aromatic rings. The van der Waals surface area contributed by atoms with Crippen LogP contribution < -0.4 is 21.3 Å². The number of hydrogen-bond acceptors (Lipinski definition) is 4. The lowest BCUT2D eigenvalue weighted by molar-refractivity contribution is 0.193. The third kappa shape index (κ3) is 4.13. The highest BCUT2D eigenvalue weighted by molar-refractivity contribution is 5.19. The molecule has 4 nitrogen and oxygen atoms in total. The summed E-state index contributed by atoms with van der Waals surface area (Å²) < 4.78 is 0. The highest BCUT2D eigenvalue weighted by Gasteiger charge is 2.54. The zero-order valence-corrected chi connectivity index (χ0v) is 24.3. The molecule has 0 amide bonds. The minimum Gasteiger partial charge on any atom is -0.310 e. The minimum absolute atomic E-state index is 0.668. The highest BCUT2D eigenvalue weighted by Crippen LogP contribution is 2.50. The molecule has 4 heteroatoms. The Morgan fingerprint density at radius 1 is 0.325 bits per heavy atom. The first-order chi connectivity index (χ1) is 19.8. The molecule has 4 heterocycles. The summed E-state index contributed by atoms with van der Waals surface area (Å²) in [4.78, 5) is 0. The Morgan fingerprint density at radius 3 is 0.825 bits per heavy atom. The standard InChI is InChI=1S/C36H52N4/c1-5-13-29-21(9-1)25-17-34-27(23-11-3-6-14-30(23)38-34)19-36-28(24-12-4-8-16-32(24)40-36)20-35-26(18-33(25)37-29)22-10-2-7-15-31(22)39-35/h1-4,9-12,21-40H,5-8,13-20H2. The van der Waals surface area contributed by atoms with Crippen molar-refractivity contribution < 1.29 is 0 Å². The molecular formula is C36H52N4. The maximum Gasteiger partial charge on any atom is 0.0139 e. The first-order valence-corrected chi connectivity index (χ1v) is 17.5. The van der Waals surface area contributed by atoms with Gasteiger partial charge in [-0.15, -0.1) is 0 Å². The quantitative estimate of drug-likeness (QED) is 0.317. The van der Waals surface area contributed by atoms with E-state index in [4.69, 9.17) is 0 Å². The topological polar surface area (TPSA) is 48.1 Å². The van der Waals surface area contributed by atoms with Gasteiger partial charge in [-0.3, -0.25) is 0 Å². The van der Waals surface area contributed by atoms with E-state index in [9.17, 15) is 0 Å². The van der Waals surface area contributed by atoms with Crippen LogP contribution in [0.25, 0.3) is 0 Å². The Hall–Kier alpha value is -1.20. The molecule has 0 aromatic carbocycles. The fourth-order valence-electron chi connectivity index (χ4n) is 12.1. The van der Waals surface area contributed by atoms with Crippen LogP contribution in [0.2, 0.25) is 0 Å². The van der Waals surface area contributed by atoms with E-state index in [0.29, 0.717) is 48.3 Å². The highest BCUT2D eigenvalue weighted by atomic mass is 15.1. The first kappa shape index (κ1) is 25.3. The molecule has 0 radical (unpaired) electrons. The van der Waals surface area contributed by atoms with Gasteiger partial charge >= 0.3 is 0 Å². The van der Waals surface area contributed by atoms with Gasteiger partial charge in [0.2, 0.25) is 0 Å². The van der Waals surface area contributed by atoms with E-state index in [2.05, 4.69) is 69.9 Å². The zero-order valence-electron chi connectivity index (χ0n) is 24.3. The molecule has 5 aliphatic carbocycles. The number of fused-ring (bicyclic) bond motifs is 12. The second-order valence-corrected chi connectivity index (χ2v) is 15.4. The summed E-state index contributed by atoms with van der Waals surface area (Å²) >= 11 is 0. The van der Waals surface area contributed by atoms with Crippen LogP contribution in [0.15, 0.2) is 48.6 Å². The van der Waals surface area contributed by atoms with Crippen LogP contribution in [-0.2, 0) is 0 Å². The molecule has 40 heavy (non-hydrogen) atoms. The fraction of sp³-hybridized carbons (Fsp3) is 0.778. The molecule has 16 unspecified atom stereocenters. The predicted molar refractivity (Wildman–Crippen MR) is 163 cm³/mol. The van der Waals surface area contributed by atoms with Crippen molar-refractivity contribution in [2.45, 2.75) is 125 Å². The molecule has 1 saturated carbocycles. The summed E-state index contributed by atoms with van der Waals surface area (Å²) in [6.45, 7) is 0. The maximum absolute atomic E-state index is 4.32. The van der Waals surface area contributed by atoms with Crippen molar-refractivity contribution in [2.24, 2.45) is 47.3 Å². The number of rotatable bonds is 0. The molecule has 5 fully saturated rings. The third-order valence-corrected chi connectivity index (χ3v) is 13.7. The zero-order chi connectivity index (χ0) is 26.2. The minimum atomic E-state index is 0.668. The monoisotopic (exact) mass is 540 g/mol. The molecule has 0 bridgehead atoms. The van der Waals surface area contributed by atoms with Crippen molar-refractivity contribution in [3.63, 3.8) is 0 Å². The van der Waals surface area contributed by atoms with Gasteiger partial charge < -0.3 is 21.3 Å². The SMILES string of the molecule is C1=CC2C(CC1)NC1CC3C(CC4C(CC5C(CC12)NC1CCC=CC15)NC1CCC=CC14)NC1CCC=CC13. The van der Waals surface area contributed by atoms with E-state index in [0.717, 1.165) is 47.3 Å². The van der Waals surface area contributed by atoms with Crippen LogP contribution in [0.3, 0.4) is 0 Å². The van der Waals surface area contributed by atoms with Crippen LogP contribution in [-0.4, -0.2) is 48.3 Å². The molecule has 16 atom stereocenters. The van der Waals surface area contributed by atoms with Crippen molar-refractivity contribution in [1.29, 1.82) is 0 Å². The lowest BCUT2D eigenvalue weighted by Crippen LogP contribution is -2.44. The Morgan fingerprint density at radius 2 is 0.575 bits per heavy atom. The van der Waals surface area contributed by atoms with Crippen molar-refractivity contribution in [1.82, 2.24) is 21.3 Å². The Kier molecular flexibility index (Phi) is 6.46. The van der Waals surface area contributed by atoms with E-state index in [-0.39, 0.29) is 0 Å². The summed E-state index contributed by atoms with van der Waals surface area (Å²) in [5.74, 6) is 6.03. The molecule has 4 N–H and O–H groups in total. The van der Waals surface area contributed by atoms with Gasteiger partial charge in [0.15, 0.2) is 0 Å². The molecule has 0 aromatic heterocycles. The van der Waals surface area contributed by atoms with Crippen LogP contribution >= 0.6 is 0 Å². The number of allylic oxidation sites excluding steroid dienone is 4. The molecule has 4 aliphatic heterocycles. The lowest BCUT2D eigenvalue weighted by atomic mass is 9.68. The Balaban J connectivity index is 1.11. The van der Waals surface area contributed by atoms with Gasteiger partial charge in [0.05, 0.1) is 0 Å². The molecule has 216 valence electrons. The van der Waals surface area contributed by atoms with E-state index >= 15 is 0 Å². The van der Waals surface area contributed by atoms with Crippen molar-refractivity contribution in [2.75, 3.05) is 0 Å². The number of hydrogen-bond donors (Lipinski definition) is 4. The van der Waals surface area contributed by atoms with Crippen LogP contribution in [0.1, 0.15) is 77.0 Å². The summed E-state index contributed by atoms with van der Waals surface area (Å²) in [5.41, 5.74) is 0. The summed E-state index contributed by atoms with van der Waals surface area (Å²) in [7, 11) is 0. The molecule has 4 saturated heterocycles. The van der Waals surface area contributed by atoms with Crippen molar-refractivity contribution in [3.8, 4) is 0 Å². The fourth-order valence-corrected chi connectivity index (χ4v) is 12.1. The van der Waals surface area contributed by atoms with Crippen molar-refractivity contribution >= 4 is 0 Å². The van der Waals surface area contributed by atoms with Gasteiger partial charge in [-0.25, -0.2) is 0 Å². The molecule has 9 aliphatic rings. The number of nitrogens with one attached hydrogen (secondary N) is 4. The second-order valence-electron chi connectivity index (χ2n) is 15.4. The van der Waals surface area contributed by atoms with E-state index < -0.39 is 0 Å². The summed E-state index contributed by atoms with van der Waals surface area (Å²) in [6, 6.07) is 5.47. The van der Waals surface area contributed by atoms with Crippen LogP contribution in [0.5, 0.6) is 0 Å². The predicted octanol–water partition coefficient (Wildman–Crippen LogP) is 5.25. The average molecular weight is 541 g/mol. The maximum atomic E-state index is 4.32. The average Bonchev–Trinajstić information content (AvgIpc) is 3.71. The summed E-state index contributed by atoms with van der Waals surface area (Å²) in [6.07, 6.45) is 36.5. The van der Waals surface area contributed by atoms with Crippen molar-refractivity contribution in [3.05, 3.63) is 48.6 Å². The largest absolute Gasteiger partial charge is 0.310 e. The molecule has 9 rings (SSSR count). The van der Waals surface area contributed by atoms with Gasteiger partial charge in [0.25, 0.3) is 0 Å². The van der Waals surface area contributed by atoms with Gasteiger partial charge in [-0.1, -0.05) is 48.6 Å². The van der Waals surface area contributed by atoms with E-state index in [1.807, 2.05) is 0 Å². The van der Waals surface area contributed by atoms with E-state index in [1.54, 1.807) is 0 Å². The molecule has 0 spiro atoms.